The fourth-order valence-electron chi connectivity index (χ4n) is 2.05. The lowest BCUT2D eigenvalue weighted by atomic mass is 10.1. The number of nitrogens with zero attached hydrogens (tertiary/aromatic N) is 1. The monoisotopic (exact) mass is 274 g/mol. The van der Waals surface area contributed by atoms with E-state index in [-0.39, 0.29) is 16.6 Å². The Kier molecular flexibility index (Phi) is 3.82. The molecule has 0 saturated carbocycles. The lowest BCUT2D eigenvalue weighted by molar-refractivity contribution is 0.0708. The Morgan fingerprint density at radius 2 is 2.06 bits per heavy atom. The Balaban J connectivity index is 2.25. The molecule has 1 amide bonds. The molecule has 0 bridgehead atoms. The molecule has 6 heteroatoms. The number of nitrogens with two attached hydrogens (primary N) is 1. The van der Waals surface area contributed by atoms with Crippen molar-refractivity contribution in [3.8, 4) is 0 Å². The largest absolute Gasteiger partial charge is 0.337 e. The van der Waals surface area contributed by atoms with Crippen molar-refractivity contribution < 1.29 is 13.6 Å². The zero-order valence-electron chi connectivity index (χ0n) is 9.63. The summed E-state index contributed by atoms with van der Waals surface area (Å²) in [5.41, 5.74) is 5.75. The van der Waals surface area contributed by atoms with Crippen LogP contribution in [0.4, 0.5) is 8.78 Å². The summed E-state index contributed by atoms with van der Waals surface area (Å²) >= 11 is 5.77. The van der Waals surface area contributed by atoms with Gasteiger partial charge in [0.05, 0.1) is 10.6 Å². The number of carbonyl (C=O) groups excluding carboxylic acids is 1. The third-order valence-electron chi connectivity index (χ3n) is 2.99. The molecule has 3 nitrogen and oxygen atoms in total. The van der Waals surface area contributed by atoms with Gasteiger partial charge in [-0.05, 0) is 25.0 Å². The van der Waals surface area contributed by atoms with Gasteiger partial charge in [-0.25, -0.2) is 8.78 Å². The molecule has 1 heterocycles. The average molecular weight is 275 g/mol. The van der Waals surface area contributed by atoms with Crippen LogP contribution in [0.5, 0.6) is 0 Å². The van der Waals surface area contributed by atoms with Crippen LogP contribution < -0.4 is 5.73 Å². The second-order valence-corrected chi connectivity index (χ2v) is 4.81. The number of benzene rings is 1. The number of likely N-dealkylation sites (tertiary alicyclic amines) is 1. The molecule has 98 valence electrons. The zero-order chi connectivity index (χ0) is 13.3. The first kappa shape index (κ1) is 13.2. The molecule has 1 aromatic rings. The van der Waals surface area contributed by atoms with Gasteiger partial charge in [0.1, 0.15) is 0 Å². The summed E-state index contributed by atoms with van der Waals surface area (Å²) in [5.74, 6) is -2.55. The van der Waals surface area contributed by atoms with E-state index in [9.17, 15) is 13.6 Å². The van der Waals surface area contributed by atoms with Crippen molar-refractivity contribution in [3.63, 3.8) is 0 Å². The quantitative estimate of drug-likeness (QED) is 0.798. The number of rotatable bonds is 1. The van der Waals surface area contributed by atoms with E-state index in [1.54, 1.807) is 0 Å². The zero-order valence-corrected chi connectivity index (χ0v) is 10.4. The molecule has 1 atom stereocenters. The van der Waals surface area contributed by atoms with Crippen LogP contribution in [-0.2, 0) is 0 Å². The predicted molar refractivity (Wildman–Crippen MR) is 64.5 cm³/mol. The van der Waals surface area contributed by atoms with Gasteiger partial charge in [0.25, 0.3) is 5.91 Å². The van der Waals surface area contributed by atoms with E-state index in [0.717, 1.165) is 25.0 Å². The number of hydrogen-bond donors (Lipinski definition) is 1. The summed E-state index contributed by atoms with van der Waals surface area (Å²) in [5, 5.41) is -0.0851. The molecule has 2 rings (SSSR count). The second-order valence-electron chi connectivity index (χ2n) is 4.40. The van der Waals surface area contributed by atoms with E-state index in [0.29, 0.717) is 13.1 Å². The van der Waals surface area contributed by atoms with Gasteiger partial charge in [-0.2, -0.15) is 0 Å². The summed E-state index contributed by atoms with van der Waals surface area (Å²) in [6.07, 6.45) is 1.66. The molecule has 18 heavy (non-hydrogen) atoms. The van der Waals surface area contributed by atoms with Crippen molar-refractivity contribution in [2.24, 2.45) is 5.73 Å². The van der Waals surface area contributed by atoms with Gasteiger partial charge in [0.2, 0.25) is 0 Å². The number of piperidine rings is 1. The third kappa shape index (κ3) is 2.62. The summed E-state index contributed by atoms with van der Waals surface area (Å²) in [4.78, 5) is 13.6. The second kappa shape index (κ2) is 5.20. The number of carbonyl (C=O) groups is 1. The third-order valence-corrected chi connectivity index (χ3v) is 3.30. The average Bonchev–Trinajstić information content (AvgIpc) is 2.33. The first-order chi connectivity index (χ1) is 8.49. The van der Waals surface area contributed by atoms with Crippen LogP contribution >= 0.6 is 11.6 Å². The SMILES string of the molecule is NC1CCCN(C(=O)c2cc(F)c(F)cc2Cl)C1. The number of hydrogen-bond acceptors (Lipinski definition) is 2. The first-order valence-electron chi connectivity index (χ1n) is 5.68. The van der Waals surface area contributed by atoms with Gasteiger partial charge in [-0.15, -0.1) is 0 Å². The minimum absolute atomic E-state index is 0.0235. The van der Waals surface area contributed by atoms with Gasteiger partial charge in [-0.1, -0.05) is 11.6 Å². The Bertz CT molecular complexity index is 481. The molecular weight excluding hydrogens is 262 g/mol. The van der Waals surface area contributed by atoms with Crippen molar-refractivity contribution in [1.29, 1.82) is 0 Å². The Morgan fingerprint density at radius 3 is 2.72 bits per heavy atom. The highest BCUT2D eigenvalue weighted by Crippen LogP contribution is 2.22. The van der Waals surface area contributed by atoms with Crippen LogP contribution in [-0.4, -0.2) is 29.9 Å². The molecule has 1 aliphatic heterocycles. The standard InChI is InChI=1S/C12H13ClF2N2O/c13-9-5-11(15)10(14)4-8(9)12(18)17-3-1-2-7(16)6-17/h4-5,7H,1-3,6,16H2. The van der Waals surface area contributed by atoms with Crippen molar-refractivity contribution in [1.82, 2.24) is 4.90 Å². The highest BCUT2D eigenvalue weighted by Gasteiger charge is 2.24. The van der Waals surface area contributed by atoms with Gasteiger partial charge in [-0.3, -0.25) is 4.79 Å². The lowest BCUT2D eigenvalue weighted by Gasteiger charge is -2.31. The van der Waals surface area contributed by atoms with Gasteiger partial charge in [0, 0.05) is 19.1 Å². The van der Waals surface area contributed by atoms with Gasteiger partial charge < -0.3 is 10.6 Å². The molecule has 1 unspecified atom stereocenters. The van der Waals surface area contributed by atoms with Crippen molar-refractivity contribution in [3.05, 3.63) is 34.4 Å². The molecule has 0 aromatic heterocycles. The molecule has 1 aliphatic rings. The summed E-state index contributed by atoms with van der Waals surface area (Å²) < 4.78 is 26.1. The van der Waals surface area contributed by atoms with Crippen LogP contribution in [0.3, 0.4) is 0 Å². The minimum Gasteiger partial charge on any atom is -0.337 e. The van der Waals surface area contributed by atoms with Crippen LogP contribution in [0.2, 0.25) is 5.02 Å². The van der Waals surface area contributed by atoms with E-state index in [4.69, 9.17) is 17.3 Å². The molecule has 1 saturated heterocycles. The molecule has 0 aliphatic carbocycles. The maximum atomic E-state index is 13.1. The van der Waals surface area contributed by atoms with E-state index in [1.165, 1.54) is 4.90 Å². The molecule has 1 aromatic carbocycles. The molecule has 1 fully saturated rings. The van der Waals surface area contributed by atoms with Crippen molar-refractivity contribution in [2.75, 3.05) is 13.1 Å². The lowest BCUT2D eigenvalue weighted by Crippen LogP contribution is -2.45. The summed E-state index contributed by atoms with van der Waals surface area (Å²) in [6, 6.07) is 1.57. The number of halogens is 3. The van der Waals surface area contributed by atoms with Gasteiger partial charge >= 0.3 is 0 Å². The van der Waals surface area contributed by atoms with Crippen molar-refractivity contribution >= 4 is 17.5 Å². The van der Waals surface area contributed by atoms with Crippen LogP contribution in [0, 0.1) is 11.6 Å². The molecule has 2 N–H and O–H groups in total. The van der Waals surface area contributed by atoms with E-state index >= 15 is 0 Å². The maximum absolute atomic E-state index is 13.1. The highest BCUT2D eigenvalue weighted by molar-refractivity contribution is 6.33. The fourth-order valence-corrected chi connectivity index (χ4v) is 2.28. The normalized spacial score (nSPS) is 20.0. The fraction of sp³-hybridized carbons (Fsp3) is 0.417. The first-order valence-corrected chi connectivity index (χ1v) is 6.06. The highest BCUT2D eigenvalue weighted by atomic mass is 35.5. The predicted octanol–water partition coefficient (Wildman–Crippen LogP) is 2.18. The van der Waals surface area contributed by atoms with E-state index < -0.39 is 17.5 Å². The minimum atomic E-state index is -1.08. The van der Waals surface area contributed by atoms with Crippen LogP contribution in [0.25, 0.3) is 0 Å². The van der Waals surface area contributed by atoms with Gasteiger partial charge in [0.15, 0.2) is 11.6 Å². The van der Waals surface area contributed by atoms with Crippen molar-refractivity contribution in [2.45, 2.75) is 18.9 Å². The van der Waals surface area contributed by atoms with Crippen LogP contribution in [0.1, 0.15) is 23.2 Å². The Labute approximate surface area is 109 Å². The topological polar surface area (TPSA) is 46.3 Å². The Hall–Kier alpha value is -1.20. The molecule has 0 radical (unpaired) electrons. The smallest absolute Gasteiger partial charge is 0.255 e. The molecule has 0 spiro atoms. The number of amides is 1. The maximum Gasteiger partial charge on any atom is 0.255 e. The summed E-state index contributed by atoms with van der Waals surface area (Å²) in [6.45, 7) is 0.968. The Morgan fingerprint density at radius 1 is 1.39 bits per heavy atom. The summed E-state index contributed by atoms with van der Waals surface area (Å²) in [7, 11) is 0. The van der Waals surface area contributed by atoms with E-state index in [1.807, 2.05) is 0 Å². The van der Waals surface area contributed by atoms with E-state index in [2.05, 4.69) is 0 Å². The van der Waals surface area contributed by atoms with Crippen LogP contribution in [0.15, 0.2) is 12.1 Å². The molecular formula is C12H13ClF2N2O.